The van der Waals surface area contributed by atoms with Gasteiger partial charge in [0.15, 0.2) is 12.6 Å². The van der Waals surface area contributed by atoms with Crippen molar-refractivity contribution < 1.29 is 50.0 Å². The maximum Gasteiger partial charge on any atom is 0.186 e. The number of hydrogen-bond acceptors (Lipinski definition) is 10. The molecule has 2 rings (SSSR count). The second-order valence-corrected chi connectivity index (χ2v) is 5.08. The lowest BCUT2D eigenvalue weighted by atomic mass is 9.99. The Labute approximate surface area is 119 Å². The molecule has 21 heavy (non-hydrogen) atoms. The Morgan fingerprint density at radius 1 is 0.714 bits per heavy atom. The molecule has 10 nitrogen and oxygen atoms in total. The minimum Gasteiger partial charge on any atom is -0.394 e. The lowest BCUT2D eigenvalue weighted by molar-refractivity contribution is -0.297. The van der Waals surface area contributed by atoms with E-state index in [0.717, 1.165) is 0 Å². The maximum atomic E-state index is 9.70. The van der Waals surface area contributed by atoms with Crippen LogP contribution >= 0.6 is 0 Å². The van der Waals surface area contributed by atoms with Crippen LogP contribution in [0.3, 0.4) is 0 Å². The molecule has 2 heterocycles. The Bertz CT molecular complexity index is 341. The van der Waals surface area contributed by atoms with Gasteiger partial charge in [-0.1, -0.05) is 0 Å². The standard InChI is InChI=1S/C11H20O10/c12-1-3-5(13)9(17)11(21-3)19-2-4-6(14)7(15)8(16)10(18)20-4/h3-18H,1-2H2/t3-,4-,5-,6-,7+,8-,9+,10-,11+/m0/s1. The molecule has 2 aliphatic heterocycles. The maximum absolute atomic E-state index is 9.70. The molecule has 0 spiro atoms. The van der Waals surface area contributed by atoms with Gasteiger partial charge in [-0.25, -0.2) is 0 Å². The van der Waals surface area contributed by atoms with Crippen molar-refractivity contribution in [2.45, 2.75) is 55.3 Å². The third-order valence-electron chi connectivity index (χ3n) is 3.61. The largest absolute Gasteiger partial charge is 0.394 e. The Morgan fingerprint density at radius 3 is 1.90 bits per heavy atom. The predicted octanol–water partition coefficient (Wildman–Crippen LogP) is -4.76. The molecular formula is C11H20O10. The smallest absolute Gasteiger partial charge is 0.186 e. The first-order valence-electron chi connectivity index (χ1n) is 6.48. The summed E-state index contributed by atoms with van der Waals surface area (Å²) in [5, 5.41) is 66.0. The normalized spacial score (nSPS) is 51.3. The summed E-state index contributed by atoms with van der Waals surface area (Å²) in [6, 6.07) is 0. The average molecular weight is 312 g/mol. The zero-order valence-corrected chi connectivity index (χ0v) is 11.0. The van der Waals surface area contributed by atoms with E-state index in [2.05, 4.69) is 0 Å². The highest BCUT2D eigenvalue weighted by atomic mass is 16.7. The van der Waals surface area contributed by atoms with Gasteiger partial charge < -0.3 is 50.0 Å². The molecule has 0 aromatic carbocycles. The van der Waals surface area contributed by atoms with Crippen LogP contribution in [0.5, 0.6) is 0 Å². The summed E-state index contributed by atoms with van der Waals surface area (Å²) in [7, 11) is 0. The van der Waals surface area contributed by atoms with E-state index in [-0.39, 0.29) is 6.61 Å². The van der Waals surface area contributed by atoms with Gasteiger partial charge in [0.05, 0.1) is 13.2 Å². The SMILES string of the molecule is OC[C@@H]1O[C@@H](OC[C@@H]2O[C@H](O)[C@@H](O)[C@H](O)[C@H]2O)[C@H](O)[C@H]1O. The minimum atomic E-state index is -1.69. The highest BCUT2D eigenvalue weighted by Gasteiger charge is 2.46. The first-order valence-corrected chi connectivity index (χ1v) is 6.48. The molecule has 2 aliphatic rings. The van der Waals surface area contributed by atoms with Crippen molar-refractivity contribution in [3.05, 3.63) is 0 Å². The lowest BCUT2D eigenvalue weighted by Crippen LogP contribution is -2.58. The van der Waals surface area contributed by atoms with Crippen LogP contribution in [-0.4, -0.2) is 104 Å². The average Bonchev–Trinajstić information content (AvgIpc) is 2.75. The molecule has 9 atom stereocenters. The summed E-state index contributed by atoms with van der Waals surface area (Å²) in [5.41, 5.74) is 0. The second-order valence-electron chi connectivity index (χ2n) is 5.08. The van der Waals surface area contributed by atoms with Gasteiger partial charge in [-0.05, 0) is 0 Å². The Morgan fingerprint density at radius 2 is 1.33 bits per heavy atom. The Kier molecular flexibility index (Phi) is 5.48. The van der Waals surface area contributed by atoms with Crippen molar-refractivity contribution in [2.75, 3.05) is 13.2 Å². The fourth-order valence-corrected chi connectivity index (χ4v) is 2.26. The third-order valence-corrected chi connectivity index (χ3v) is 3.61. The van der Waals surface area contributed by atoms with Gasteiger partial charge in [0.2, 0.25) is 0 Å². The number of aliphatic hydroxyl groups excluding tert-OH is 7. The summed E-state index contributed by atoms with van der Waals surface area (Å²) < 4.78 is 15.1. The quantitative estimate of drug-likeness (QED) is 0.267. The molecule has 124 valence electrons. The van der Waals surface area contributed by atoms with E-state index in [4.69, 9.17) is 19.3 Å². The molecule has 0 aromatic rings. The zero-order valence-electron chi connectivity index (χ0n) is 11.0. The summed E-state index contributed by atoms with van der Waals surface area (Å²) in [6.07, 6.45) is -12.6. The van der Waals surface area contributed by atoms with E-state index in [1.165, 1.54) is 0 Å². The van der Waals surface area contributed by atoms with Gasteiger partial charge in [0.25, 0.3) is 0 Å². The molecular weight excluding hydrogens is 292 g/mol. The molecule has 0 aliphatic carbocycles. The molecule has 0 saturated carbocycles. The highest BCUT2D eigenvalue weighted by molar-refractivity contribution is 4.90. The number of rotatable bonds is 4. The topological polar surface area (TPSA) is 169 Å². The van der Waals surface area contributed by atoms with E-state index >= 15 is 0 Å². The van der Waals surface area contributed by atoms with Crippen LogP contribution in [0.15, 0.2) is 0 Å². The number of ether oxygens (including phenoxy) is 3. The van der Waals surface area contributed by atoms with E-state index in [1.54, 1.807) is 0 Å². The van der Waals surface area contributed by atoms with Crippen molar-refractivity contribution in [1.29, 1.82) is 0 Å². The first-order chi connectivity index (χ1) is 9.86. The van der Waals surface area contributed by atoms with Crippen LogP contribution in [0.1, 0.15) is 0 Å². The Balaban J connectivity index is 1.88. The Hall–Kier alpha value is -0.400. The van der Waals surface area contributed by atoms with E-state index in [1.807, 2.05) is 0 Å². The van der Waals surface area contributed by atoms with Crippen LogP contribution in [0.25, 0.3) is 0 Å². The third kappa shape index (κ3) is 3.35. The van der Waals surface area contributed by atoms with Crippen LogP contribution in [0.2, 0.25) is 0 Å². The van der Waals surface area contributed by atoms with Crippen LogP contribution in [0, 0.1) is 0 Å². The summed E-state index contributed by atoms with van der Waals surface area (Å²) in [5.74, 6) is 0. The molecule has 2 fully saturated rings. The van der Waals surface area contributed by atoms with Crippen molar-refractivity contribution in [3.8, 4) is 0 Å². The van der Waals surface area contributed by atoms with E-state index in [0.29, 0.717) is 0 Å². The molecule has 0 amide bonds. The van der Waals surface area contributed by atoms with Crippen molar-refractivity contribution in [3.63, 3.8) is 0 Å². The predicted molar refractivity (Wildman–Crippen MR) is 62.6 cm³/mol. The summed E-state index contributed by atoms with van der Waals surface area (Å²) >= 11 is 0. The van der Waals surface area contributed by atoms with E-state index in [9.17, 15) is 30.6 Å². The second kappa shape index (κ2) is 6.79. The first kappa shape index (κ1) is 17.0. The minimum absolute atomic E-state index is 0.380. The van der Waals surface area contributed by atoms with Crippen molar-refractivity contribution in [2.24, 2.45) is 0 Å². The highest BCUT2D eigenvalue weighted by Crippen LogP contribution is 2.24. The van der Waals surface area contributed by atoms with Gasteiger partial charge in [-0.15, -0.1) is 0 Å². The van der Waals surface area contributed by atoms with Crippen LogP contribution in [-0.2, 0) is 14.2 Å². The molecule has 0 aromatic heterocycles. The number of hydrogen-bond donors (Lipinski definition) is 7. The molecule has 2 saturated heterocycles. The number of aliphatic hydroxyl groups is 7. The van der Waals surface area contributed by atoms with Crippen molar-refractivity contribution >= 4 is 0 Å². The van der Waals surface area contributed by atoms with Crippen LogP contribution in [0.4, 0.5) is 0 Å². The fraction of sp³-hybridized carbons (Fsp3) is 1.00. The fourth-order valence-electron chi connectivity index (χ4n) is 2.26. The molecule has 0 radical (unpaired) electrons. The van der Waals surface area contributed by atoms with Gasteiger partial charge in [-0.2, -0.15) is 0 Å². The summed E-state index contributed by atoms with van der Waals surface area (Å²) in [6.45, 7) is -0.890. The van der Waals surface area contributed by atoms with Gasteiger partial charge in [-0.3, -0.25) is 0 Å². The van der Waals surface area contributed by atoms with Gasteiger partial charge in [0.1, 0.15) is 42.7 Å². The zero-order chi connectivity index (χ0) is 15.7. The molecule has 7 N–H and O–H groups in total. The lowest BCUT2D eigenvalue weighted by Gasteiger charge is -2.38. The van der Waals surface area contributed by atoms with Crippen LogP contribution < -0.4 is 0 Å². The molecule has 0 bridgehead atoms. The van der Waals surface area contributed by atoms with Crippen molar-refractivity contribution in [1.82, 2.24) is 0 Å². The summed E-state index contributed by atoms with van der Waals surface area (Å²) in [4.78, 5) is 0. The molecule has 10 heteroatoms. The molecule has 0 unspecified atom stereocenters. The monoisotopic (exact) mass is 312 g/mol. The van der Waals surface area contributed by atoms with Gasteiger partial charge in [0, 0.05) is 0 Å². The van der Waals surface area contributed by atoms with Gasteiger partial charge >= 0.3 is 0 Å². The van der Waals surface area contributed by atoms with E-state index < -0.39 is 61.9 Å².